The molecular formula is C22H27N7O4. The lowest BCUT2D eigenvalue weighted by molar-refractivity contribution is 0.00238. The molecule has 0 spiro atoms. The molecule has 3 aromatic rings. The molecule has 2 unspecified atom stereocenters. The lowest BCUT2D eigenvalue weighted by atomic mass is 10.1. The third-order valence-corrected chi connectivity index (χ3v) is 6.20. The van der Waals surface area contributed by atoms with Crippen molar-refractivity contribution < 1.29 is 14.3 Å². The van der Waals surface area contributed by atoms with E-state index >= 15 is 0 Å². The number of rotatable bonds is 2. The van der Waals surface area contributed by atoms with Crippen molar-refractivity contribution in [3.8, 4) is 5.95 Å². The second kappa shape index (κ2) is 7.46. The van der Waals surface area contributed by atoms with Crippen LogP contribution in [-0.2, 0) is 4.74 Å². The van der Waals surface area contributed by atoms with Crippen LogP contribution in [0.2, 0.25) is 0 Å². The van der Waals surface area contributed by atoms with Gasteiger partial charge in [-0.05, 0) is 52.7 Å². The van der Waals surface area contributed by atoms with Crippen molar-refractivity contribution in [3.05, 3.63) is 46.1 Å². The third kappa shape index (κ3) is 3.66. The first kappa shape index (κ1) is 21.2. The van der Waals surface area contributed by atoms with Gasteiger partial charge in [-0.2, -0.15) is 5.10 Å². The molecule has 0 aromatic carbocycles. The summed E-state index contributed by atoms with van der Waals surface area (Å²) < 4.78 is 8.46. The average Bonchev–Trinajstić information content (AvgIpc) is 3.42. The molecule has 3 aromatic heterocycles. The number of amides is 2. The number of nitrogens with zero attached hydrogens (tertiary/aromatic N) is 6. The zero-order valence-corrected chi connectivity index (χ0v) is 19.1. The van der Waals surface area contributed by atoms with E-state index in [1.165, 1.54) is 15.4 Å². The molecule has 33 heavy (non-hydrogen) atoms. The fraction of sp³-hybridized carbons (Fsp3) is 0.500. The predicted octanol–water partition coefficient (Wildman–Crippen LogP) is 1.74. The highest BCUT2D eigenvalue weighted by atomic mass is 16.6. The van der Waals surface area contributed by atoms with Crippen molar-refractivity contribution in [2.75, 3.05) is 13.1 Å². The standard InChI is InChI=1S/C22H27N7O4/c1-13-16(10-23-29(13)20-24-18(30)17-6-5-9-27(17)25-20)19(31)28-14-7-8-15(28)12-26(11-14)21(32)33-22(2,3)4/h5-6,9-10,14-15H,7-8,11-12H2,1-4H3,(H,24,25,30). The minimum Gasteiger partial charge on any atom is -0.444 e. The monoisotopic (exact) mass is 453 g/mol. The maximum Gasteiger partial charge on any atom is 0.410 e. The van der Waals surface area contributed by atoms with Gasteiger partial charge in [0.15, 0.2) is 0 Å². The molecule has 11 nitrogen and oxygen atoms in total. The van der Waals surface area contributed by atoms with Crippen LogP contribution in [0.1, 0.15) is 49.7 Å². The van der Waals surface area contributed by atoms with Gasteiger partial charge >= 0.3 is 6.09 Å². The van der Waals surface area contributed by atoms with Crippen LogP contribution in [0.25, 0.3) is 11.5 Å². The van der Waals surface area contributed by atoms with E-state index < -0.39 is 5.60 Å². The molecule has 2 saturated heterocycles. The zero-order valence-electron chi connectivity index (χ0n) is 19.1. The maximum atomic E-state index is 13.5. The van der Waals surface area contributed by atoms with E-state index in [4.69, 9.17) is 4.74 Å². The van der Waals surface area contributed by atoms with E-state index in [2.05, 4.69) is 15.2 Å². The lowest BCUT2D eigenvalue weighted by Crippen LogP contribution is -2.57. The average molecular weight is 454 g/mol. The van der Waals surface area contributed by atoms with E-state index in [9.17, 15) is 14.4 Å². The van der Waals surface area contributed by atoms with Gasteiger partial charge in [0, 0.05) is 19.3 Å². The molecule has 1 N–H and O–H groups in total. The van der Waals surface area contributed by atoms with Crippen LogP contribution >= 0.6 is 0 Å². The van der Waals surface area contributed by atoms with Gasteiger partial charge in [-0.1, -0.05) is 0 Å². The first-order chi connectivity index (χ1) is 15.6. The molecular weight excluding hydrogens is 426 g/mol. The Balaban J connectivity index is 1.38. The highest BCUT2D eigenvalue weighted by Crippen LogP contribution is 2.33. The largest absolute Gasteiger partial charge is 0.444 e. The van der Waals surface area contributed by atoms with Gasteiger partial charge in [0.2, 0.25) is 5.95 Å². The van der Waals surface area contributed by atoms with E-state index in [1.54, 1.807) is 30.2 Å². The number of piperazine rings is 1. The van der Waals surface area contributed by atoms with Crippen molar-refractivity contribution in [1.82, 2.24) is 34.2 Å². The Bertz CT molecular complexity index is 1280. The van der Waals surface area contributed by atoms with Gasteiger partial charge in [-0.15, -0.1) is 5.10 Å². The number of carbonyl (C=O) groups is 2. The molecule has 2 aliphatic rings. The Hall–Kier alpha value is -3.63. The van der Waals surface area contributed by atoms with Gasteiger partial charge in [0.1, 0.15) is 11.1 Å². The smallest absolute Gasteiger partial charge is 0.410 e. The van der Waals surface area contributed by atoms with Crippen molar-refractivity contribution >= 4 is 17.5 Å². The quantitative estimate of drug-likeness (QED) is 0.632. The third-order valence-electron chi connectivity index (χ3n) is 6.20. The number of aromatic nitrogens is 5. The minimum absolute atomic E-state index is 0.0688. The fourth-order valence-electron chi connectivity index (χ4n) is 4.71. The van der Waals surface area contributed by atoms with Crippen molar-refractivity contribution in [1.29, 1.82) is 0 Å². The number of nitrogens with one attached hydrogen (secondary N) is 1. The van der Waals surface area contributed by atoms with Crippen LogP contribution in [0.15, 0.2) is 29.3 Å². The summed E-state index contributed by atoms with van der Waals surface area (Å²) in [6.45, 7) is 8.20. The Morgan fingerprint density at radius 1 is 1.18 bits per heavy atom. The molecule has 0 saturated carbocycles. The number of fused-ring (bicyclic) bond motifs is 3. The number of likely N-dealkylation sites (tertiary alicyclic amines) is 1. The molecule has 2 aliphatic heterocycles. The SMILES string of the molecule is Cc1c(C(=O)N2C3CCC2CN(C(=O)OC(C)(C)C)C3)cnn1-c1nn2cccc2c(=O)[nH]1. The Morgan fingerprint density at radius 3 is 2.55 bits per heavy atom. The number of aromatic amines is 1. The summed E-state index contributed by atoms with van der Waals surface area (Å²) in [5.74, 6) is 0.109. The minimum atomic E-state index is -0.562. The van der Waals surface area contributed by atoms with E-state index in [1.807, 2.05) is 25.7 Å². The molecule has 2 amide bonds. The van der Waals surface area contributed by atoms with Gasteiger partial charge in [0.25, 0.3) is 11.5 Å². The fourth-order valence-corrected chi connectivity index (χ4v) is 4.71. The Morgan fingerprint density at radius 2 is 1.88 bits per heavy atom. The molecule has 0 radical (unpaired) electrons. The molecule has 11 heteroatoms. The molecule has 2 fully saturated rings. The van der Waals surface area contributed by atoms with Gasteiger partial charge in [-0.25, -0.2) is 14.0 Å². The molecule has 174 valence electrons. The first-order valence-corrected chi connectivity index (χ1v) is 11.1. The van der Waals surface area contributed by atoms with Crippen LogP contribution in [0, 0.1) is 6.92 Å². The highest BCUT2D eigenvalue weighted by molar-refractivity contribution is 5.96. The summed E-state index contributed by atoms with van der Waals surface area (Å²) in [7, 11) is 0. The van der Waals surface area contributed by atoms with Crippen LogP contribution in [0.5, 0.6) is 0 Å². The molecule has 2 bridgehead atoms. The molecule has 2 atom stereocenters. The zero-order chi connectivity index (χ0) is 23.5. The second-order valence-corrected chi connectivity index (χ2v) is 9.65. The molecule has 5 heterocycles. The number of ether oxygens (including phenoxy) is 1. The van der Waals surface area contributed by atoms with Gasteiger partial charge in [-0.3, -0.25) is 14.6 Å². The second-order valence-electron chi connectivity index (χ2n) is 9.65. The van der Waals surface area contributed by atoms with Gasteiger partial charge in [0.05, 0.1) is 29.5 Å². The van der Waals surface area contributed by atoms with Crippen molar-refractivity contribution in [2.45, 2.75) is 58.2 Å². The first-order valence-electron chi connectivity index (χ1n) is 11.1. The summed E-state index contributed by atoms with van der Waals surface area (Å²) in [6, 6.07) is 3.27. The summed E-state index contributed by atoms with van der Waals surface area (Å²) in [5, 5.41) is 8.72. The summed E-state index contributed by atoms with van der Waals surface area (Å²) in [6.07, 6.45) is 4.52. The topological polar surface area (TPSA) is 118 Å². The number of H-pyrrole nitrogens is 1. The summed E-state index contributed by atoms with van der Waals surface area (Å²) in [4.78, 5) is 44.7. The summed E-state index contributed by atoms with van der Waals surface area (Å²) in [5.41, 5.74) is 0.618. The number of hydrogen-bond donors (Lipinski definition) is 1. The van der Waals surface area contributed by atoms with E-state index in [-0.39, 0.29) is 35.6 Å². The Kier molecular flexibility index (Phi) is 4.80. The maximum absolute atomic E-state index is 13.5. The van der Waals surface area contributed by atoms with Crippen LogP contribution in [0.4, 0.5) is 4.79 Å². The summed E-state index contributed by atoms with van der Waals surface area (Å²) >= 11 is 0. The van der Waals surface area contributed by atoms with E-state index in [0.29, 0.717) is 29.9 Å². The van der Waals surface area contributed by atoms with Crippen molar-refractivity contribution in [2.24, 2.45) is 0 Å². The number of carbonyl (C=O) groups excluding carboxylic acids is 2. The molecule has 0 aliphatic carbocycles. The van der Waals surface area contributed by atoms with Crippen LogP contribution in [-0.4, -0.2) is 77.0 Å². The molecule has 5 rings (SSSR count). The van der Waals surface area contributed by atoms with E-state index in [0.717, 1.165) is 12.8 Å². The van der Waals surface area contributed by atoms with Crippen LogP contribution < -0.4 is 5.56 Å². The van der Waals surface area contributed by atoms with Crippen LogP contribution in [0.3, 0.4) is 0 Å². The Labute approximate surface area is 189 Å². The van der Waals surface area contributed by atoms with Gasteiger partial charge < -0.3 is 14.5 Å². The van der Waals surface area contributed by atoms with Crippen molar-refractivity contribution in [3.63, 3.8) is 0 Å². The highest BCUT2D eigenvalue weighted by Gasteiger charge is 2.45. The number of hydrogen-bond acceptors (Lipinski definition) is 6. The normalized spacial score (nSPS) is 20.5. The predicted molar refractivity (Wildman–Crippen MR) is 118 cm³/mol. The lowest BCUT2D eigenvalue weighted by Gasteiger charge is -2.41.